The summed E-state index contributed by atoms with van der Waals surface area (Å²) in [5.41, 5.74) is 2.17. The molecule has 2 aromatic rings. The van der Waals surface area contributed by atoms with Gasteiger partial charge in [0.1, 0.15) is 6.04 Å². The number of carbonyl (C=O) groups is 2. The molecular formula is C19H18ClNO3S. The van der Waals surface area contributed by atoms with Gasteiger partial charge in [0.2, 0.25) is 5.91 Å². The Morgan fingerprint density at radius 1 is 1.16 bits per heavy atom. The third-order valence-electron chi connectivity index (χ3n) is 4.22. The quantitative estimate of drug-likeness (QED) is 0.605. The van der Waals surface area contributed by atoms with Gasteiger partial charge in [0.25, 0.3) is 0 Å². The van der Waals surface area contributed by atoms with Gasteiger partial charge < -0.3 is 9.64 Å². The number of carbonyl (C=O) groups excluding carboxylic acids is 2. The van der Waals surface area contributed by atoms with Crippen LogP contribution in [-0.2, 0) is 27.3 Å². The van der Waals surface area contributed by atoms with Crippen molar-refractivity contribution < 1.29 is 14.3 Å². The van der Waals surface area contributed by atoms with E-state index in [-0.39, 0.29) is 17.6 Å². The van der Waals surface area contributed by atoms with Gasteiger partial charge in [-0.3, -0.25) is 4.79 Å². The molecule has 0 spiro atoms. The van der Waals surface area contributed by atoms with Crippen molar-refractivity contribution in [3.8, 4) is 0 Å². The molecule has 25 heavy (non-hydrogen) atoms. The SMILES string of the molecule is COC(=O)[C@@H]1Cc2ccccc2CN1C(=O)CSc1ccc(Cl)cc1. The van der Waals surface area contributed by atoms with Crippen LogP contribution in [0, 0.1) is 0 Å². The molecule has 0 saturated carbocycles. The lowest BCUT2D eigenvalue weighted by Gasteiger charge is -2.35. The summed E-state index contributed by atoms with van der Waals surface area (Å²) in [5.74, 6) is -0.193. The van der Waals surface area contributed by atoms with E-state index in [1.165, 1.54) is 18.9 Å². The van der Waals surface area contributed by atoms with Gasteiger partial charge >= 0.3 is 5.97 Å². The number of hydrogen-bond donors (Lipinski definition) is 0. The molecule has 3 rings (SSSR count). The molecule has 1 aliphatic heterocycles. The lowest BCUT2D eigenvalue weighted by atomic mass is 9.94. The summed E-state index contributed by atoms with van der Waals surface area (Å²) in [5, 5.41) is 0.661. The van der Waals surface area contributed by atoms with E-state index in [4.69, 9.17) is 16.3 Å². The van der Waals surface area contributed by atoms with Crippen molar-refractivity contribution in [1.82, 2.24) is 4.90 Å². The summed E-state index contributed by atoms with van der Waals surface area (Å²) < 4.78 is 4.91. The Kier molecular flexibility index (Phi) is 5.66. The molecule has 2 aromatic carbocycles. The van der Waals surface area contributed by atoms with Gasteiger partial charge in [-0.1, -0.05) is 35.9 Å². The Labute approximate surface area is 156 Å². The molecule has 1 heterocycles. The second-order valence-electron chi connectivity index (χ2n) is 5.78. The van der Waals surface area contributed by atoms with Crippen molar-refractivity contribution in [2.75, 3.05) is 12.9 Å². The minimum atomic E-state index is -0.571. The van der Waals surface area contributed by atoms with Crippen molar-refractivity contribution in [2.45, 2.75) is 23.9 Å². The number of halogens is 1. The first-order valence-corrected chi connectivity index (χ1v) is 9.27. The highest BCUT2D eigenvalue weighted by atomic mass is 35.5. The van der Waals surface area contributed by atoms with Crippen molar-refractivity contribution in [3.05, 3.63) is 64.7 Å². The van der Waals surface area contributed by atoms with Gasteiger partial charge in [-0.05, 0) is 35.4 Å². The number of rotatable bonds is 4. The highest BCUT2D eigenvalue weighted by molar-refractivity contribution is 8.00. The maximum atomic E-state index is 12.8. The van der Waals surface area contributed by atoms with E-state index < -0.39 is 6.04 Å². The van der Waals surface area contributed by atoms with E-state index >= 15 is 0 Å². The first-order chi connectivity index (χ1) is 12.1. The molecule has 0 aliphatic carbocycles. The average molecular weight is 376 g/mol. The van der Waals surface area contributed by atoms with Gasteiger partial charge in [0.15, 0.2) is 0 Å². The van der Waals surface area contributed by atoms with Crippen LogP contribution in [0.15, 0.2) is 53.4 Å². The molecule has 0 unspecified atom stereocenters. The number of amides is 1. The fraction of sp³-hybridized carbons (Fsp3) is 0.263. The molecule has 1 atom stereocenters. The summed E-state index contributed by atoms with van der Waals surface area (Å²) in [6.07, 6.45) is 0.486. The van der Waals surface area contributed by atoms with Crippen LogP contribution in [0.1, 0.15) is 11.1 Å². The van der Waals surface area contributed by atoms with Crippen molar-refractivity contribution in [3.63, 3.8) is 0 Å². The number of hydrogen-bond acceptors (Lipinski definition) is 4. The van der Waals surface area contributed by atoms with E-state index in [1.807, 2.05) is 36.4 Å². The third kappa shape index (κ3) is 4.17. The maximum absolute atomic E-state index is 12.8. The first kappa shape index (κ1) is 17.8. The minimum absolute atomic E-state index is 0.0788. The molecule has 130 valence electrons. The molecule has 1 amide bonds. The predicted octanol–water partition coefficient (Wildman–Crippen LogP) is 3.56. The molecule has 4 nitrogen and oxygen atoms in total. The minimum Gasteiger partial charge on any atom is -0.467 e. The normalized spacial score (nSPS) is 16.2. The van der Waals surface area contributed by atoms with Crippen LogP contribution >= 0.6 is 23.4 Å². The molecule has 0 aromatic heterocycles. The van der Waals surface area contributed by atoms with Gasteiger partial charge in [0, 0.05) is 22.9 Å². The van der Waals surface area contributed by atoms with Crippen LogP contribution in [0.2, 0.25) is 5.02 Å². The number of nitrogens with zero attached hydrogens (tertiary/aromatic N) is 1. The second-order valence-corrected chi connectivity index (χ2v) is 7.26. The fourth-order valence-corrected chi connectivity index (χ4v) is 3.80. The lowest BCUT2D eigenvalue weighted by Crippen LogP contribution is -2.49. The number of fused-ring (bicyclic) bond motifs is 1. The monoisotopic (exact) mass is 375 g/mol. The van der Waals surface area contributed by atoms with Crippen molar-refractivity contribution in [1.29, 1.82) is 0 Å². The molecule has 0 radical (unpaired) electrons. The molecule has 0 fully saturated rings. The molecular weight excluding hydrogens is 358 g/mol. The van der Waals surface area contributed by atoms with Crippen LogP contribution in [0.3, 0.4) is 0 Å². The maximum Gasteiger partial charge on any atom is 0.328 e. The molecule has 0 saturated heterocycles. The van der Waals surface area contributed by atoms with Crippen LogP contribution in [-0.4, -0.2) is 35.7 Å². The third-order valence-corrected chi connectivity index (χ3v) is 5.47. The van der Waals surface area contributed by atoms with E-state index in [9.17, 15) is 9.59 Å². The Morgan fingerprint density at radius 2 is 1.84 bits per heavy atom. The smallest absolute Gasteiger partial charge is 0.328 e. The van der Waals surface area contributed by atoms with Gasteiger partial charge in [-0.15, -0.1) is 11.8 Å². The van der Waals surface area contributed by atoms with E-state index in [0.717, 1.165) is 16.0 Å². The Hall–Kier alpha value is -1.98. The van der Waals surface area contributed by atoms with Crippen LogP contribution in [0.5, 0.6) is 0 Å². The van der Waals surface area contributed by atoms with Crippen molar-refractivity contribution in [2.24, 2.45) is 0 Å². The van der Waals surface area contributed by atoms with Crippen LogP contribution in [0.25, 0.3) is 0 Å². The average Bonchev–Trinajstić information content (AvgIpc) is 2.65. The largest absolute Gasteiger partial charge is 0.467 e. The zero-order valence-electron chi connectivity index (χ0n) is 13.8. The second kappa shape index (κ2) is 7.93. The van der Waals surface area contributed by atoms with Crippen LogP contribution < -0.4 is 0 Å². The van der Waals surface area contributed by atoms with E-state index in [0.29, 0.717) is 18.0 Å². The number of methoxy groups -OCH3 is 1. The summed E-state index contributed by atoms with van der Waals surface area (Å²) in [7, 11) is 1.36. The Bertz CT molecular complexity index is 778. The zero-order valence-corrected chi connectivity index (χ0v) is 15.3. The molecule has 6 heteroatoms. The molecule has 1 aliphatic rings. The molecule has 0 N–H and O–H groups in total. The van der Waals surface area contributed by atoms with E-state index in [1.54, 1.807) is 17.0 Å². The highest BCUT2D eigenvalue weighted by Gasteiger charge is 2.35. The summed E-state index contributed by atoms with van der Waals surface area (Å²) in [4.78, 5) is 27.5. The summed E-state index contributed by atoms with van der Waals surface area (Å²) in [6, 6.07) is 14.7. The summed E-state index contributed by atoms with van der Waals surface area (Å²) >= 11 is 7.31. The Morgan fingerprint density at radius 3 is 2.52 bits per heavy atom. The predicted molar refractivity (Wildman–Crippen MR) is 98.7 cm³/mol. The van der Waals surface area contributed by atoms with Crippen LogP contribution in [0.4, 0.5) is 0 Å². The van der Waals surface area contributed by atoms with Gasteiger partial charge in [-0.2, -0.15) is 0 Å². The van der Waals surface area contributed by atoms with Gasteiger partial charge in [-0.25, -0.2) is 4.79 Å². The van der Waals surface area contributed by atoms with Crippen molar-refractivity contribution >= 4 is 35.2 Å². The number of benzene rings is 2. The first-order valence-electron chi connectivity index (χ1n) is 7.91. The number of thioether (sulfide) groups is 1. The topological polar surface area (TPSA) is 46.6 Å². The Balaban J connectivity index is 1.74. The van der Waals surface area contributed by atoms with E-state index in [2.05, 4.69) is 0 Å². The van der Waals surface area contributed by atoms with Gasteiger partial charge in [0.05, 0.1) is 12.9 Å². The standard InChI is InChI=1S/C19H18ClNO3S/c1-24-19(23)17-10-13-4-2-3-5-14(13)11-21(17)18(22)12-25-16-8-6-15(20)7-9-16/h2-9,17H,10-12H2,1H3/t17-/m0/s1. The lowest BCUT2D eigenvalue weighted by molar-refractivity contribution is -0.153. The summed E-state index contributed by atoms with van der Waals surface area (Å²) in [6.45, 7) is 0.427. The highest BCUT2D eigenvalue weighted by Crippen LogP contribution is 2.26. The number of esters is 1. The zero-order chi connectivity index (χ0) is 17.8. The number of ether oxygens (including phenoxy) is 1. The fourth-order valence-electron chi connectivity index (χ4n) is 2.89. The molecule has 0 bridgehead atoms.